The SMILES string of the molecule is C[C](C)CN1CC(=Cc2c(F)cc(N)cc2F)C1. The van der Waals surface area contributed by atoms with E-state index in [2.05, 4.69) is 18.7 Å². The molecule has 4 heteroatoms. The van der Waals surface area contributed by atoms with E-state index in [0.717, 1.165) is 37.3 Å². The Morgan fingerprint density at radius 2 is 1.83 bits per heavy atom. The Kier molecular flexibility index (Phi) is 3.66. The van der Waals surface area contributed by atoms with Crippen LogP contribution in [0.5, 0.6) is 0 Å². The molecule has 1 fully saturated rings. The van der Waals surface area contributed by atoms with Crippen LogP contribution in [0.25, 0.3) is 6.08 Å². The number of rotatable bonds is 3. The molecule has 0 atom stereocenters. The average Bonchev–Trinajstić information content (AvgIpc) is 2.17. The first kappa shape index (κ1) is 13.0. The molecule has 1 heterocycles. The van der Waals surface area contributed by atoms with Crippen LogP contribution in [-0.4, -0.2) is 24.5 Å². The van der Waals surface area contributed by atoms with Gasteiger partial charge in [-0.3, -0.25) is 4.90 Å². The van der Waals surface area contributed by atoms with Crippen molar-refractivity contribution in [2.75, 3.05) is 25.4 Å². The van der Waals surface area contributed by atoms with E-state index < -0.39 is 11.6 Å². The third kappa shape index (κ3) is 2.88. The van der Waals surface area contributed by atoms with Crippen molar-refractivity contribution in [3.8, 4) is 0 Å². The molecule has 1 aliphatic heterocycles. The first-order valence-corrected chi connectivity index (χ1v) is 5.91. The largest absolute Gasteiger partial charge is 0.399 e. The van der Waals surface area contributed by atoms with Crippen LogP contribution in [0.1, 0.15) is 19.4 Å². The van der Waals surface area contributed by atoms with E-state index in [1.54, 1.807) is 6.08 Å². The molecule has 1 saturated heterocycles. The Balaban J connectivity index is 2.08. The van der Waals surface area contributed by atoms with Crippen molar-refractivity contribution in [3.05, 3.63) is 40.8 Å². The maximum atomic E-state index is 13.6. The molecule has 2 N–H and O–H groups in total. The van der Waals surface area contributed by atoms with E-state index in [0.29, 0.717) is 0 Å². The first-order valence-electron chi connectivity index (χ1n) is 5.91. The maximum absolute atomic E-state index is 13.6. The highest BCUT2D eigenvalue weighted by Gasteiger charge is 2.21. The Bertz CT molecular complexity index is 450. The zero-order valence-electron chi connectivity index (χ0n) is 10.6. The van der Waals surface area contributed by atoms with Gasteiger partial charge >= 0.3 is 0 Å². The van der Waals surface area contributed by atoms with E-state index >= 15 is 0 Å². The molecule has 1 aliphatic rings. The van der Waals surface area contributed by atoms with Gasteiger partial charge in [0.1, 0.15) is 11.6 Å². The van der Waals surface area contributed by atoms with Crippen LogP contribution in [-0.2, 0) is 0 Å². The lowest BCUT2D eigenvalue weighted by Crippen LogP contribution is -2.41. The molecular weight excluding hydrogens is 234 g/mol. The maximum Gasteiger partial charge on any atom is 0.135 e. The molecule has 2 nitrogen and oxygen atoms in total. The number of hydrogen-bond acceptors (Lipinski definition) is 2. The van der Waals surface area contributed by atoms with Crippen molar-refractivity contribution in [1.29, 1.82) is 0 Å². The van der Waals surface area contributed by atoms with Gasteiger partial charge in [-0.05, 0) is 29.7 Å². The molecule has 0 amide bonds. The molecular formula is C14H17F2N2. The summed E-state index contributed by atoms with van der Waals surface area (Å²) < 4.78 is 27.1. The monoisotopic (exact) mass is 251 g/mol. The van der Waals surface area contributed by atoms with Gasteiger partial charge in [0.2, 0.25) is 0 Å². The molecule has 0 bridgehead atoms. The smallest absolute Gasteiger partial charge is 0.135 e. The lowest BCUT2D eigenvalue weighted by Gasteiger charge is -2.35. The summed E-state index contributed by atoms with van der Waals surface area (Å²) in [7, 11) is 0. The van der Waals surface area contributed by atoms with Crippen LogP contribution < -0.4 is 5.73 Å². The van der Waals surface area contributed by atoms with Crippen molar-refractivity contribution >= 4 is 11.8 Å². The molecule has 1 aromatic carbocycles. The molecule has 0 saturated carbocycles. The van der Waals surface area contributed by atoms with Crippen LogP contribution in [0.15, 0.2) is 17.7 Å². The zero-order chi connectivity index (χ0) is 13.3. The topological polar surface area (TPSA) is 29.3 Å². The van der Waals surface area contributed by atoms with Gasteiger partial charge in [-0.25, -0.2) is 8.78 Å². The minimum atomic E-state index is -0.600. The van der Waals surface area contributed by atoms with Crippen molar-refractivity contribution in [2.45, 2.75) is 13.8 Å². The highest BCUT2D eigenvalue weighted by Crippen LogP contribution is 2.24. The van der Waals surface area contributed by atoms with Crippen LogP contribution in [0.3, 0.4) is 0 Å². The number of hydrogen-bond donors (Lipinski definition) is 1. The second kappa shape index (κ2) is 5.06. The number of likely N-dealkylation sites (tertiary alicyclic amines) is 1. The van der Waals surface area contributed by atoms with Crippen molar-refractivity contribution in [1.82, 2.24) is 4.90 Å². The highest BCUT2D eigenvalue weighted by atomic mass is 19.1. The number of nitrogens with zero attached hydrogens (tertiary/aromatic N) is 1. The predicted octanol–water partition coefficient (Wildman–Crippen LogP) is 2.86. The Morgan fingerprint density at radius 1 is 1.28 bits per heavy atom. The standard InChI is InChI=1S/C14H17F2N2/c1-9(2)6-18-7-10(8-18)3-12-13(15)4-11(17)5-14(12)16/h3-5H,6-8,17H2,1-2H3. The van der Waals surface area contributed by atoms with Crippen LogP contribution in [0.4, 0.5) is 14.5 Å². The second-order valence-corrected chi connectivity index (χ2v) is 5.05. The van der Waals surface area contributed by atoms with Gasteiger partial charge in [0, 0.05) is 30.9 Å². The summed E-state index contributed by atoms with van der Waals surface area (Å²) in [6.45, 7) is 6.62. The van der Waals surface area contributed by atoms with E-state index in [1.807, 2.05) is 0 Å². The highest BCUT2D eigenvalue weighted by molar-refractivity contribution is 5.59. The van der Waals surface area contributed by atoms with E-state index in [4.69, 9.17) is 5.73 Å². The number of halogens is 2. The number of nitrogens with two attached hydrogens (primary N) is 1. The van der Waals surface area contributed by atoms with Gasteiger partial charge in [0.15, 0.2) is 0 Å². The lowest BCUT2D eigenvalue weighted by atomic mass is 10.0. The summed E-state index contributed by atoms with van der Waals surface area (Å²) in [5.41, 5.74) is 6.53. The van der Waals surface area contributed by atoms with E-state index in [9.17, 15) is 8.78 Å². The van der Waals surface area contributed by atoms with Crippen LogP contribution in [0, 0.1) is 17.6 Å². The van der Waals surface area contributed by atoms with Gasteiger partial charge < -0.3 is 5.73 Å². The summed E-state index contributed by atoms with van der Waals surface area (Å²) >= 11 is 0. The molecule has 18 heavy (non-hydrogen) atoms. The molecule has 97 valence electrons. The van der Waals surface area contributed by atoms with Gasteiger partial charge in [0.05, 0.1) is 0 Å². The van der Waals surface area contributed by atoms with Crippen molar-refractivity contribution in [3.63, 3.8) is 0 Å². The molecule has 0 aliphatic carbocycles. The summed E-state index contributed by atoms with van der Waals surface area (Å²) in [4.78, 5) is 2.22. The number of anilines is 1. The third-order valence-electron chi connectivity index (χ3n) is 2.84. The fourth-order valence-corrected chi connectivity index (χ4v) is 2.12. The summed E-state index contributed by atoms with van der Waals surface area (Å²) in [6, 6.07) is 2.30. The van der Waals surface area contributed by atoms with Crippen LogP contribution >= 0.6 is 0 Å². The van der Waals surface area contributed by atoms with E-state index in [-0.39, 0.29) is 11.3 Å². The Morgan fingerprint density at radius 3 is 2.33 bits per heavy atom. The summed E-state index contributed by atoms with van der Waals surface area (Å²) in [5.74, 6) is 0.132. The summed E-state index contributed by atoms with van der Waals surface area (Å²) in [6.07, 6.45) is 1.59. The average molecular weight is 251 g/mol. The van der Waals surface area contributed by atoms with Crippen LogP contribution in [0.2, 0.25) is 0 Å². The molecule has 0 unspecified atom stereocenters. The minimum absolute atomic E-state index is 0.0102. The molecule has 1 aromatic rings. The Hall–Kier alpha value is -1.42. The third-order valence-corrected chi connectivity index (χ3v) is 2.84. The van der Waals surface area contributed by atoms with Gasteiger partial charge in [-0.15, -0.1) is 0 Å². The molecule has 0 aromatic heterocycles. The zero-order valence-corrected chi connectivity index (χ0v) is 10.6. The fourth-order valence-electron chi connectivity index (χ4n) is 2.12. The first-order chi connectivity index (χ1) is 8.45. The lowest BCUT2D eigenvalue weighted by molar-refractivity contribution is 0.262. The Labute approximate surface area is 106 Å². The normalized spacial score (nSPS) is 15.9. The van der Waals surface area contributed by atoms with E-state index in [1.165, 1.54) is 5.92 Å². The molecule has 0 spiro atoms. The summed E-state index contributed by atoms with van der Waals surface area (Å²) in [5, 5.41) is 0. The number of nitrogen functional groups attached to an aromatic ring is 1. The molecule has 1 radical (unpaired) electrons. The fraction of sp³-hybridized carbons (Fsp3) is 0.357. The van der Waals surface area contributed by atoms with Crippen molar-refractivity contribution in [2.24, 2.45) is 0 Å². The second-order valence-electron chi connectivity index (χ2n) is 5.05. The van der Waals surface area contributed by atoms with Crippen molar-refractivity contribution < 1.29 is 8.78 Å². The van der Waals surface area contributed by atoms with Gasteiger partial charge in [-0.1, -0.05) is 13.8 Å². The quantitative estimate of drug-likeness (QED) is 0.837. The van der Waals surface area contributed by atoms with Gasteiger partial charge in [-0.2, -0.15) is 0 Å². The van der Waals surface area contributed by atoms with Gasteiger partial charge in [0.25, 0.3) is 0 Å². The number of benzene rings is 1. The molecule has 2 rings (SSSR count). The predicted molar refractivity (Wildman–Crippen MR) is 69.8 cm³/mol. The minimum Gasteiger partial charge on any atom is -0.399 e.